The molecule has 0 aliphatic carbocycles. The van der Waals surface area contributed by atoms with Crippen molar-refractivity contribution in [1.82, 2.24) is 20.3 Å². The Morgan fingerprint density at radius 2 is 2.38 bits per heavy atom. The monoisotopic (exact) mass is 302 g/mol. The number of hydrogen-bond donors (Lipinski definition) is 1. The Morgan fingerprint density at radius 3 is 3.10 bits per heavy atom. The maximum absolute atomic E-state index is 12.0. The van der Waals surface area contributed by atoms with Crippen molar-refractivity contribution in [2.75, 3.05) is 6.54 Å². The highest BCUT2D eigenvalue weighted by molar-refractivity contribution is 7.13. The van der Waals surface area contributed by atoms with E-state index in [2.05, 4.69) is 15.6 Å². The first-order chi connectivity index (χ1) is 10.2. The number of aryl methyl sites for hydroxylation is 1. The topological polar surface area (TPSA) is 73.0 Å². The average molecular weight is 302 g/mol. The standard InChI is InChI=1S/C14H14N4O2S/c1-10-4-6-18(16-10)7-5-15-14(19)12-9-11(17-20-12)13-3-2-8-21-13/h2-4,6,8-9H,5,7H2,1H3,(H,15,19). The van der Waals surface area contributed by atoms with Crippen LogP contribution in [0.5, 0.6) is 0 Å². The largest absolute Gasteiger partial charge is 0.350 e. The lowest BCUT2D eigenvalue weighted by molar-refractivity contribution is 0.0915. The lowest BCUT2D eigenvalue weighted by atomic mass is 10.3. The second-order valence-electron chi connectivity index (χ2n) is 4.53. The van der Waals surface area contributed by atoms with Crippen LogP contribution in [0.1, 0.15) is 16.2 Å². The fourth-order valence-electron chi connectivity index (χ4n) is 1.88. The maximum Gasteiger partial charge on any atom is 0.289 e. The lowest BCUT2D eigenvalue weighted by Gasteiger charge is -2.02. The van der Waals surface area contributed by atoms with Crippen molar-refractivity contribution >= 4 is 17.2 Å². The number of thiophene rings is 1. The fourth-order valence-corrected chi connectivity index (χ4v) is 2.56. The van der Waals surface area contributed by atoms with Gasteiger partial charge in [0.15, 0.2) is 0 Å². The second-order valence-corrected chi connectivity index (χ2v) is 5.48. The average Bonchev–Trinajstić information content (AvgIpc) is 3.19. The van der Waals surface area contributed by atoms with Crippen molar-refractivity contribution in [2.24, 2.45) is 0 Å². The molecule has 1 amide bonds. The van der Waals surface area contributed by atoms with E-state index in [9.17, 15) is 4.79 Å². The normalized spacial score (nSPS) is 10.7. The van der Waals surface area contributed by atoms with Gasteiger partial charge in [-0.1, -0.05) is 11.2 Å². The summed E-state index contributed by atoms with van der Waals surface area (Å²) in [5.74, 6) is -0.0516. The van der Waals surface area contributed by atoms with Crippen molar-refractivity contribution in [1.29, 1.82) is 0 Å². The van der Waals surface area contributed by atoms with Gasteiger partial charge in [0, 0.05) is 18.8 Å². The third kappa shape index (κ3) is 3.19. The number of carbonyl (C=O) groups is 1. The molecule has 7 heteroatoms. The molecular formula is C14H14N4O2S. The maximum atomic E-state index is 12.0. The third-order valence-corrected chi connectivity index (χ3v) is 3.80. The van der Waals surface area contributed by atoms with Crippen molar-refractivity contribution < 1.29 is 9.32 Å². The van der Waals surface area contributed by atoms with Gasteiger partial charge in [0.25, 0.3) is 5.91 Å². The minimum Gasteiger partial charge on any atom is -0.350 e. The summed E-state index contributed by atoms with van der Waals surface area (Å²) in [5.41, 5.74) is 1.63. The first-order valence-corrected chi connectivity index (χ1v) is 7.39. The molecule has 3 aromatic heterocycles. The minimum atomic E-state index is -0.269. The van der Waals surface area contributed by atoms with Crippen LogP contribution in [0.2, 0.25) is 0 Å². The first-order valence-electron chi connectivity index (χ1n) is 6.51. The molecule has 0 unspecified atom stereocenters. The molecule has 6 nitrogen and oxygen atoms in total. The Hall–Kier alpha value is -2.41. The predicted octanol–water partition coefficient (Wildman–Crippen LogP) is 2.34. The van der Waals surface area contributed by atoms with Gasteiger partial charge in [0.2, 0.25) is 5.76 Å². The predicted molar refractivity (Wildman–Crippen MR) is 79.1 cm³/mol. The van der Waals surface area contributed by atoms with E-state index in [0.29, 0.717) is 18.8 Å². The van der Waals surface area contributed by atoms with Crippen LogP contribution < -0.4 is 5.32 Å². The Morgan fingerprint density at radius 1 is 1.48 bits per heavy atom. The quantitative estimate of drug-likeness (QED) is 0.785. The highest BCUT2D eigenvalue weighted by atomic mass is 32.1. The highest BCUT2D eigenvalue weighted by Gasteiger charge is 2.14. The summed E-state index contributed by atoms with van der Waals surface area (Å²) < 4.78 is 6.86. The van der Waals surface area contributed by atoms with Crippen molar-refractivity contribution in [3.63, 3.8) is 0 Å². The number of rotatable bonds is 5. The highest BCUT2D eigenvalue weighted by Crippen LogP contribution is 2.23. The Bertz CT molecular complexity index is 730. The van der Waals surface area contributed by atoms with Crippen molar-refractivity contribution in [3.8, 4) is 10.6 Å². The number of amides is 1. The van der Waals surface area contributed by atoms with E-state index < -0.39 is 0 Å². The lowest BCUT2D eigenvalue weighted by Crippen LogP contribution is -2.27. The van der Waals surface area contributed by atoms with Crippen LogP contribution in [0.15, 0.2) is 40.4 Å². The smallest absolute Gasteiger partial charge is 0.289 e. The van der Waals surface area contributed by atoms with E-state index in [1.165, 1.54) is 0 Å². The molecule has 0 aliphatic heterocycles. The zero-order valence-corrected chi connectivity index (χ0v) is 12.3. The van der Waals surface area contributed by atoms with E-state index in [1.807, 2.05) is 36.7 Å². The Balaban J connectivity index is 1.56. The molecule has 0 bridgehead atoms. The molecule has 0 saturated carbocycles. The van der Waals surface area contributed by atoms with E-state index in [1.54, 1.807) is 22.1 Å². The van der Waals surface area contributed by atoms with Gasteiger partial charge in [-0.15, -0.1) is 11.3 Å². The van der Waals surface area contributed by atoms with Gasteiger partial charge in [0.05, 0.1) is 17.1 Å². The molecule has 1 N–H and O–H groups in total. The van der Waals surface area contributed by atoms with Gasteiger partial charge < -0.3 is 9.84 Å². The summed E-state index contributed by atoms with van der Waals surface area (Å²) in [6.07, 6.45) is 1.88. The number of carbonyl (C=O) groups excluding carboxylic acids is 1. The summed E-state index contributed by atoms with van der Waals surface area (Å²) in [6.45, 7) is 3.02. The van der Waals surface area contributed by atoms with E-state index in [-0.39, 0.29) is 11.7 Å². The minimum absolute atomic E-state index is 0.218. The van der Waals surface area contributed by atoms with Gasteiger partial charge in [-0.05, 0) is 24.4 Å². The van der Waals surface area contributed by atoms with E-state index >= 15 is 0 Å². The molecule has 3 aromatic rings. The molecular weight excluding hydrogens is 288 g/mol. The summed E-state index contributed by atoms with van der Waals surface area (Å²) >= 11 is 1.55. The number of hydrogen-bond acceptors (Lipinski definition) is 5. The molecule has 3 rings (SSSR count). The van der Waals surface area contributed by atoms with Crippen LogP contribution in [0.3, 0.4) is 0 Å². The van der Waals surface area contributed by atoms with Crippen LogP contribution in [0, 0.1) is 6.92 Å². The Kier molecular flexibility index (Phi) is 3.83. The molecule has 0 radical (unpaired) electrons. The summed E-state index contributed by atoms with van der Waals surface area (Å²) in [4.78, 5) is 12.9. The van der Waals surface area contributed by atoms with Crippen LogP contribution in [0.4, 0.5) is 0 Å². The molecule has 0 spiro atoms. The fraction of sp³-hybridized carbons (Fsp3) is 0.214. The molecule has 21 heavy (non-hydrogen) atoms. The van der Waals surface area contributed by atoms with Gasteiger partial charge >= 0.3 is 0 Å². The third-order valence-electron chi connectivity index (χ3n) is 2.91. The van der Waals surface area contributed by atoms with Crippen LogP contribution in [0.25, 0.3) is 10.6 Å². The summed E-state index contributed by atoms with van der Waals surface area (Å²) in [5, 5.41) is 12.9. The van der Waals surface area contributed by atoms with Crippen LogP contribution >= 0.6 is 11.3 Å². The van der Waals surface area contributed by atoms with Gasteiger partial charge in [0.1, 0.15) is 5.69 Å². The van der Waals surface area contributed by atoms with E-state index in [0.717, 1.165) is 10.6 Å². The molecule has 0 aromatic carbocycles. The van der Waals surface area contributed by atoms with Crippen molar-refractivity contribution in [2.45, 2.75) is 13.5 Å². The molecule has 3 heterocycles. The van der Waals surface area contributed by atoms with Gasteiger partial charge in [-0.3, -0.25) is 9.48 Å². The second kappa shape index (κ2) is 5.92. The molecule has 0 aliphatic rings. The number of aromatic nitrogens is 3. The zero-order chi connectivity index (χ0) is 14.7. The number of nitrogens with one attached hydrogen (secondary N) is 1. The molecule has 108 valence electrons. The van der Waals surface area contributed by atoms with Crippen LogP contribution in [-0.4, -0.2) is 27.4 Å². The van der Waals surface area contributed by atoms with Crippen LogP contribution in [-0.2, 0) is 6.54 Å². The summed E-state index contributed by atoms with van der Waals surface area (Å²) in [6, 6.07) is 7.44. The molecule has 0 fully saturated rings. The van der Waals surface area contributed by atoms with Gasteiger partial charge in [-0.25, -0.2) is 0 Å². The first kappa shape index (κ1) is 13.6. The number of nitrogens with zero attached hydrogens (tertiary/aromatic N) is 3. The van der Waals surface area contributed by atoms with Gasteiger partial charge in [-0.2, -0.15) is 5.10 Å². The molecule has 0 saturated heterocycles. The van der Waals surface area contributed by atoms with Crippen molar-refractivity contribution in [3.05, 3.63) is 47.3 Å². The molecule has 0 atom stereocenters. The summed E-state index contributed by atoms with van der Waals surface area (Å²) in [7, 11) is 0. The van der Waals surface area contributed by atoms with E-state index in [4.69, 9.17) is 4.52 Å². The Labute approximate surface area is 125 Å². The SMILES string of the molecule is Cc1ccn(CCNC(=O)c2cc(-c3cccs3)no2)n1. The zero-order valence-electron chi connectivity index (χ0n) is 11.4.